The average molecular weight is 1910 g/mol. The summed E-state index contributed by atoms with van der Waals surface area (Å²) in [6, 6.07) is 35.9. The van der Waals surface area contributed by atoms with E-state index in [-0.39, 0.29) is 151 Å². The molecule has 756 valence electrons. The Bertz CT molecular complexity index is 4490. The fraction of sp³-hybridized carbons (Fsp3) is 0.542. The van der Waals surface area contributed by atoms with Crippen LogP contribution in [0.1, 0.15) is 253 Å². The SMILES string of the molecule is C=C(C)C(=O)OCCCCCCOc1cccc(C2OC(C)CC(CC)O2)c1.C=C(C)C(=O)OCCOc1ccc(C2OC(C)CC(CC)O2)c(OCCOC(=O)C(=C)C)c1.C=C(C)C(=O)OCCOc1ccc(C2OC(C)CC(CC)O2)cc1.C=CC(=O)COCCCOc1ccc(C2OC(C)CC(CC)O2)cc1.C=CC(=O)OCCOC(=O)COc1ccc(C2OC(C)CC(CC)O2)cc1. The van der Waals surface area contributed by atoms with Gasteiger partial charge in [-0.25, -0.2) is 28.8 Å². The maximum Gasteiger partial charge on any atom is 0.344 e. The van der Waals surface area contributed by atoms with Gasteiger partial charge in [-0.15, -0.1) is 0 Å². The van der Waals surface area contributed by atoms with Crippen molar-refractivity contribution in [3.63, 3.8) is 0 Å². The molecule has 0 bridgehead atoms. The third kappa shape index (κ3) is 45.3. The third-order valence-corrected chi connectivity index (χ3v) is 21.4. The Balaban J connectivity index is 0.000000264. The Kier molecular flexibility index (Phi) is 54.2. The van der Waals surface area contributed by atoms with E-state index in [1.807, 2.05) is 105 Å². The van der Waals surface area contributed by atoms with Crippen LogP contribution in [-0.2, 0) is 114 Å². The van der Waals surface area contributed by atoms with Crippen LogP contribution in [0.15, 0.2) is 189 Å². The van der Waals surface area contributed by atoms with E-state index in [9.17, 15) is 33.6 Å². The lowest BCUT2D eigenvalue weighted by Crippen LogP contribution is -2.32. The number of carbonyl (C=O) groups excluding carboxylic acids is 7. The molecule has 5 aliphatic heterocycles. The number of carbonyl (C=O) groups is 7. The normalized spacial score (nSPS) is 22.0. The lowest BCUT2D eigenvalue weighted by atomic mass is 10.1. The highest BCUT2D eigenvalue weighted by molar-refractivity contribution is 5.90. The molecule has 0 radical (unpaired) electrons. The Labute approximate surface area is 809 Å². The molecular weight excluding hydrogens is 1770 g/mol. The van der Waals surface area contributed by atoms with Gasteiger partial charge in [-0.05, 0) is 219 Å². The summed E-state index contributed by atoms with van der Waals surface area (Å²) in [5, 5.41) is 0. The van der Waals surface area contributed by atoms with Gasteiger partial charge >= 0.3 is 35.8 Å². The van der Waals surface area contributed by atoms with E-state index in [0.717, 1.165) is 136 Å². The molecule has 10 rings (SSSR count). The zero-order chi connectivity index (χ0) is 100.0. The van der Waals surface area contributed by atoms with Gasteiger partial charge in [0.25, 0.3) is 0 Å². The molecule has 5 aromatic rings. The maximum absolute atomic E-state index is 11.6. The van der Waals surface area contributed by atoms with Gasteiger partial charge in [-0.1, -0.05) is 123 Å². The number of rotatable bonds is 49. The monoisotopic (exact) mass is 1910 g/mol. The highest BCUT2D eigenvalue weighted by atomic mass is 16.7. The minimum atomic E-state index is -0.586. The summed E-state index contributed by atoms with van der Waals surface area (Å²) in [7, 11) is 0. The van der Waals surface area contributed by atoms with Crippen LogP contribution in [0.2, 0.25) is 0 Å². The minimum absolute atomic E-state index is 0.0240. The molecule has 0 aliphatic carbocycles. The van der Waals surface area contributed by atoms with Crippen molar-refractivity contribution < 1.29 is 143 Å². The number of benzene rings is 5. The molecule has 0 saturated carbocycles. The molecule has 5 fully saturated rings. The van der Waals surface area contributed by atoms with E-state index >= 15 is 0 Å². The lowest BCUT2D eigenvalue weighted by Gasteiger charge is -2.34. The van der Waals surface area contributed by atoms with Crippen molar-refractivity contribution in [1.82, 2.24) is 0 Å². The average Bonchev–Trinajstić information content (AvgIpc) is 0.815. The molecule has 30 nitrogen and oxygen atoms in total. The van der Waals surface area contributed by atoms with Gasteiger partial charge in [-0.3, -0.25) is 4.79 Å². The van der Waals surface area contributed by atoms with Crippen molar-refractivity contribution in [2.24, 2.45) is 0 Å². The minimum Gasteiger partial charge on any atom is -0.494 e. The van der Waals surface area contributed by atoms with E-state index in [4.69, 9.17) is 109 Å². The smallest absolute Gasteiger partial charge is 0.344 e. The predicted octanol–water partition coefficient (Wildman–Crippen LogP) is 20.2. The Hall–Kier alpha value is -10.6. The second kappa shape index (κ2) is 64.5. The number of ether oxygens (including phenoxy) is 23. The Morgan fingerprint density at radius 1 is 0.314 bits per heavy atom. The fourth-order valence-corrected chi connectivity index (χ4v) is 13.8. The Morgan fingerprint density at radius 3 is 1.07 bits per heavy atom. The molecule has 5 heterocycles. The molecule has 15 atom stereocenters. The second-order valence-corrected chi connectivity index (χ2v) is 33.7. The summed E-state index contributed by atoms with van der Waals surface area (Å²) in [5.74, 6) is 1.02. The van der Waals surface area contributed by atoms with E-state index in [1.54, 1.807) is 52.0 Å². The van der Waals surface area contributed by atoms with Crippen LogP contribution in [-0.4, -0.2) is 195 Å². The number of hydrogen-bond acceptors (Lipinski definition) is 30. The summed E-state index contributed by atoms with van der Waals surface area (Å²) in [6.45, 7) is 51.0. The van der Waals surface area contributed by atoms with E-state index in [1.165, 1.54) is 6.08 Å². The zero-order valence-corrected chi connectivity index (χ0v) is 82.8. The maximum atomic E-state index is 11.6. The van der Waals surface area contributed by atoms with Crippen molar-refractivity contribution in [3.05, 3.63) is 217 Å². The lowest BCUT2D eigenvalue weighted by molar-refractivity contribution is -0.244. The van der Waals surface area contributed by atoms with E-state index in [2.05, 4.69) is 94.9 Å². The standard InChI is InChI=1S/C25H34O8.C23H34O5.C20H26O7.C20H28O5.C19H26O5/c1-7-19-14-18(6)32-25(33-19)21-9-8-20(28-10-12-30-23(26)16(2)3)15-22(21)29-11-13-31-24(27)17(4)5;1-5-20-15-18(4)27-23(28-20)19-11-10-12-21(16-19)25-13-8-6-7-9-14-26-22(24)17(2)3;1-4-16-12-14(3)26-20(27-16)15-6-8-17(9-7-15)25-13-19(22)24-11-10-23-18(21)5-2;1-4-17(21)14-22-11-6-12-23-19-9-7-16(8-10-19)20-24-15(3)13-18(5-2)25-20;1-5-16-12-14(4)23-19(24-16)15-6-8-17(9-7-15)21-10-11-22-18(20)13(2)3/h8-9,15,18-19,25H,2,4,7,10-14H2,1,3,5-6H3;10-12,16,18,20,23H,2,5-9,13-15H2,1,3-4H3;5-9,14,16,20H,2,4,10-13H2,1,3H3;4,7-10,15,18,20H,1,5-6,11-14H2,2-3H3;6-9,14,16,19H,2,5,10-12H2,1,3-4H3. The highest BCUT2D eigenvalue weighted by Gasteiger charge is 2.34. The summed E-state index contributed by atoms with van der Waals surface area (Å²) < 4.78 is 129. The largest absolute Gasteiger partial charge is 0.494 e. The van der Waals surface area contributed by atoms with Crippen LogP contribution in [0.5, 0.6) is 34.5 Å². The van der Waals surface area contributed by atoms with Gasteiger partial charge in [-0.2, -0.15) is 0 Å². The number of hydrogen-bond donors (Lipinski definition) is 0. The third-order valence-electron chi connectivity index (χ3n) is 21.4. The first-order valence-corrected chi connectivity index (χ1v) is 47.7. The van der Waals surface area contributed by atoms with Crippen molar-refractivity contribution in [1.29, 1.82) is 0 Å². The first kappa shape index (κ1) is 115. The molecule has 5 aliphatic rings. The zero-order valence-electron chi connectivity index (χ0n) is 82.8. The Morgan fingerprint density at radius 2 is 0.650 bits per heavy atom. The summed E-state index contributed by atoms with van der Waals surface area (Å²) in [5.41, 5.74) is 6.07. The van der Waals surface area contributed by atoms with Crippen LogP contribution in [0, 0.1) is 0 Å². The topological polar surface area (TPSA) is 332 Å². The number of ketones is 1. The number of unbranched alkanes of at least 4 members (excludes halogenated alkanes) is 3. The fourth-order valence-electron chi connectivity index (χ4n) is 13.8. The van der Waals surface area contributed by atoms with Gasteiger partial charge in [0, 0.05) is 63.1 Å². The predicted molar refractivity (Wildman–Crippen MR) is 515 cm³/mol. The molecule has 0 amide bonds. The molecular formula is C107H148O30. The first-order chi connectivity index (χ1) is 65.8. The number of esters is 6. The van der Waals surface area contributed by atoms with Gasteiger partial charge in [0.2, 0.25) is 0 Å². The molecule has 30 heteroatoms. The molecule has 5 aromatic carbocycles. The molecule has 0 aromatic heterocycles. The second-order valence-electron chi connectivity index (χ2n) is 33.7. The summed E-state index contributed by atoms with van der Waals surface area (Å²) >= 11 is 0. The van der Waals surface area contributed by atoms with Crippen molar-refractivity contribution >= 4 is 41.6 Å². The van der Waals surface area contributed by atoms with Gasteiger partial charge in [0.1, 0.15) is 94.0 Å². The van der Waals surface area contributed by atoms with Crippen LogP contribution in [0.4, 0.5) is 0 Å². The quantitative estimate of drug-likeness (QED) is 0.0151. The molecule has 0 N–H and O–H groups in total. The van der Waals surface area contributed by atoms with Crippen LogP contribution in [0.3, 0.4) is 0 Å². The van der Waals surface area contributed by atoms with Crippen LogP contribution >= 0.6 is 0 Å². The van der Waals surface area contributed by atoms with Crippen LogP contribution in [0.25, 0.3) is 0 Å². The van der Waals surface area contributed by atoms with E-state index in [0.29, 0.717) is 83.9 Å². The molecule has 15 unspecified atom stereocenters. The van der Waals surface area contributed by atoms with Crippen molar-refractivity contribution in [2.45, 2.75) is 286 Å². The van der Waals surface area contributed by atoms with E-state index < -0.39 is 42.4 Å². The molecule has 137 heavy (non-hydrogen) atoms. The summed E-state index contributed by atoms with van der Waals surface area (Å²) in [6.07, 6.45) is 16.0. The van der Waals surface area contributed by atoms with Gasteiger partial charge < -0.3 is 109 Å². The van der Waals surface area contributed by atoms with Gasteiger partial charge in [0.15, 0.2) is 43.8 Å². The van der Waals surface area contributed by atoms with Crippen molar-refractivity contribution in [2.75, 3.05) is 92.5 Å². The van der Waals surface area contributed by atoms with Gasteiger partial charge in [0.05, 0.1) is 93.0 Å². The van der Waals surface area contributed by atoms with Crippen molar-refractivity contribution in [3.8, 4) is 34.5 Å². The molecule has 0 spiro atoms. The molecule has 5 saturated heterocycles. The first-order valence-electron chi connectivity index (χ1n) is 47.7. The van der Waals surface area contributed by atoms with Crippen LogP contribution < -0.4 is 28.4 Å². The highest BCUT2D eigenvalue weighted by Crippen LogP contribution is 2.40. The summed E-state index contributed by atoms with van der Waals surface area (Å²) in [4.78, 5) is 79.0.